The van der Waals surface area contributed by atoms with Gasteiger partial charge in [0.05, 0.1) is 11.9 Å². The molecule has 0 unspecified atom stereocenters. The quantitative estimate of drug-likeness (QED) is 0.858. The molecule has 0 aromatic carbocycles. The van der Waals surface area contributed by atoms with E-state index in [0.29, 0.717) is 11.7 Å². The van der Waals surface area contributed by atoms with Crippen molar-refractivity contribution in [2.75, 3.05) is 17.2 Å². The Morgan fingerprint density at radius 1 is 1.35 bits per heavy atom. The van der Waals surface area contributed by atoms with Crippen LogP contribution in [0.2, 0.25) is 0 Å². The molecule has 1 aromatic rings. The molecule has 0 saturated heterocycles. The van der Waals surface area contributed by atoms with Gasteiger partial charge >= 0.3 is 6.09 Å². The average Bonchev–Trinajstić information content (AvgIpc) is 2.28. The van der Waals surface area contributed by atoms with Gasteiger partial charge in [0.2, 0.25) is 0 Å². The Bertz CT molecular complexity index is 422. The maximum absolute atomic E-state index is 11.6. The van der Waals surface area contributed by atoms with Crippen LogP contribution in [0.3, 0.4) is 0 Å². The SMILES string of the molecule is CC(C)CCNc1ccc(NC(=O)OC(C)(C)C)nc1. The van der Waals surface area contributed by atoms with E-state index in [0.717, 1.165) is 18.7 Å². The minimum atomic E-state index is -0.511. The summed E-state index contributed by atoms with van der Waals surface area (Å²) in [5.41, 5.74) is 0.433. The van der Waals surface area contributed by atoms with Gasteiger partial charge in [0, 0.05) is 6.54 Å². The van der Waals surface area contributed by atoms with E-state index in [9.17, 15) is 4.79 Å². The number of hydrogen-bond acceptors (Lipinski definition) is 4. The lowest BCUT2D eigenvalue weighted by Crippen LogP contribution is -2.27. The van der Waals surface area contributed by atoms with E-state index in [1.807, 2.05) is 26.8 Å². The van der Waals surface area contributed by atoms with Crippen LogP contribution in [0.5, 0.6) is 0 Å². The summed E-state index contributed by atoms with van der Waals surface area (Å²) in [7, 11) is 0. The minimum Gasteiger partial charge on any atom is -0.444 e. The van der Waals surface area contributed by atoms with Gasteiger partial charge in [-0.25, -0.2) is 9.78 Å². The number of anilines is 2. The highest BCUT2D eigenvalue weighted by molar-refractivity contribution is 5.83. The maximum atomic E-state index is 11.6. The first-order chi connectivity index (χ1) is 9.26. The normalized spacial score (nSPS) is 11.3. The van der Waals surface area contributed by atoms with Crippen molar-refractivity contribution in [1.29, 1.82) is 0 Å². The van der Waals surface area contributed by atoms with Crippen LogP contribution in [-0.4, -0.2) is 23.2 Å². The zero-order chi connectivity index (χ0) is 15.2. The number of nitrogens with one attached hydrogen (secondary N) is 2. The molecule has 0 fully saturated rings. The second-order valence-electron chi connectivity index (χ2n) is 6.17. The molecular weight excluding hydrogens is 254 g/mol. The number of ether oxygens (including phenoxy) is 1. The number of rotatable bonds is 5. The van der Waals surface area contributed by atoms with Gasteiger partial charge in [-0.1, -0.05) is 13.8 Å². The third-order valence-electron chi connectivity index (χ3n) is 2.44. The molecule has 5 heteroatoms. The lowest BCUT2D eigenvalue weighted by molar-refractivity contribution is 0.0635. The lowest BCUT2D eigenvalue weighted by Gasteiger charge is -2.19. The molecule has 112 valence electrons. The molecule has 1 amide bonds. The van der Waals surface area contributed by atoms with Crippen molar-refractivity contribution in [2.24, 2.45) is 5.92 Å². The number of nitrogens with zero attached hydrogens (tertiary/aromatic N) is 1. The molecular formula is C15H25N3O2. The van der Waals surface area contributed by atoms with Crippen LogP contribution in [-0.2, 0) is 4.74 Å². The fourth-order valence-corrected chi connectivity index (χ4v) is 1.49. The molecule has 1 rings (SSSR count). The summed E-state index contributed by atoms with van der Waals surface area (Å²) in [6, 6.07) is 3.64. The van der Waals surface area contributed by atoms with Crippen molar-refractivity contribution in [3.63, 3.8) is 0 Å². The Kier molecular flexibility index (Phi) is 5.80. The average molecular weight is 279 g/mol. The van der Waals surface area contributed by atoms with Crippen molar-refractivity contribution >= 4 is 17.6 Å². The topological polar surface area (TPSA) is 63.2 Å². The number of hydrogen-bond donors (Lipinski definition) is 2. The summed E-state index contributed by atoms with van der Waals surface area (Å²) in [6.07, 6.45) is 2.32. The van der Waals surface area contributed by atoms with Gasteiger partial charge in [0.15, 0.2) is 0 Å². The molecule has 0 aliphatic rings. The minimum absolute atomic E-state index is 0.480. The van der Waals surface area contributed by atoms with Gasteiger partial charge in [-0.2, -0.15) is 0 Å². The predicted octanol–water partition coefficient (Wildman–Crippen LogP) is 3.89. The molecule has 0 aliphatic heterocycles. The Hall–Kier alpha value is -1.78. The lowest BCUT2D eigenvalue weighted by atomic mass is 10.1. The van der Waals surface area contributed by atoms with Gasteiger partial charge < -0.3 is 10.1 Å². The van der Waals surface area contributed by atoms with E-state index in [-0.39, 0.29) is 0 Å². The van der Waals surface area contributed by atoms with Crippen LogP contribution in [0.15, 0.2) is 18.3 Å². The summed E-state index contributed by atoms with van der Waals surface area (Å²) < 4.78 is 5.16. The van der Waals surface area contributed by atoms with Crippen LogP contribution in [0, 0.1) is 5.92 Å². The maximum Gasteiger partial charge on any atom is 0.413 e. The Balaban J connectivity index is 2.44. The van der Waals surface area contributed by atoms with E-state index in [1.165, 1.54) is 0 Å². The summed E-state index contributed by atoms with van der Waals surface area (Å²) in [5, 5.41) is 5.89. The van der Waals surface area contributed by atoms with Crippen molar-refractivity contribution in [3.05, 3.63) is 18.3 Å². The highest BCUT2D eigenvalue weighted by Crippen LogP contribution is 2.13. The third-order valence-corrected chi connectivity index (χ3v) is 2.44. The summed E-state index contributed by atoms with van der Waals surface area (Å²) in [5.74, 6) is 1.15. The summed E-state index contributed by atoms with van der Waals surface area (Å²) >= 11 is 0. The van der Waals surface area contributed by atoms with Gasteiger partial charge in [0.25, 0.3) is 0 Å². The van der Waals surface area contributed by atoms with Crippen molar-refractivity contribution in [1.82, 2.24) is 4.98 Å². The van der Waals surface area contributed by atoms with Crippen LogP contribution in [0.25, 0.3) is 0 Å². The number of pyridine rings is 1. The molecule has 0 aliphatic carbocycles. The monoisotopic (exact) mass is 279 g/mol. The number of carbonyl (C=O) groups excluding carboxylic acids is 1. The Morgan fingerprint density at radius 3 is 2.55 bits per heavy atom. The second kappa shape index (κ2) is 7.12. The molecule has 1 aromatic heterocycles. The van der Waals surface area contributed by atoms with E-state index in [4.69, 9.17) is 4.74 Å². The highest BCUT2D eigenvalue weighted by atomic mass is 16.6. The zero-order valence-corrected chi connectivity index (χ0v) is 13.0. The number of amides is 1. The largest absolute Gasteiger partial charge is 0.444 e. The molecule has 20 heavy (non-hydrogen) atoms. The smallest absolute Gasteiger partial charge is 0.413 e. The Labute approximate surface area is 121 Å². The van der Waals surface area contributed by atoms with Gasteiger partial charge in [-0.15, -0.1) is 0 Å². The zero-order valence-electron chi connectivity index (χ0n) is 13.0. The van der Waals surface area contributed by atoms with Gasteiger partial charge in [-0.05, 0) is 45.2 Å². The third kappa shape index (κ3) is 6.97. The van der Waals surface area contributed by atoms with Crippen molar-refractivity contribution in [3.8, 4) is 0 Å². The van der Waals surface area contributed by atoms with Crippen LogP contribution < -0.4 is 10.6 Å². The van der Waals surface area contributed by atoms with E-state index < -0.39 is 11.7 Å². The van der Waals surface area contributed by atoms with E-state index >= 15 is 0 Å². The van der Waals surface area contributed by atoms with Crippen molar-refractivity contribution < 1.29 is 9.53 Å². The molecule has 0 radical (unpaired) electrons. The summed E-state index contributed by atoms with van der Waals surface area (Å²) in [6.45, 7) is 10.8. The van der Waals surface area contributed by atoms with Crippen LogP contribution in [0.4, 0.5) is 16.3 Å². The first-order valence-corrected chi connectivity index (χ1v) is 6.96. The number of aromatic nitrogens is 1. The van der Waals surface area contributed by atoms with Gasteiger partial charge in [0.1, 0.15) is 11.4 Å². The molecule has 1 heterocycles. The van der Waals surface area contributed by atoms with Gasteiger partial charge in [-0.3, -0.25) is 5.32 Å². The van der Waals surface area contributed by atoms with Crippen LogP contribution in [0.1, 0.15) is 41.0 Å². The standard InChI is InChI=1S/C15H25N3O2/c1-11(2)8-9-16-12-6-7-13(17-10-12)18-14(19)20-15(3,4)5/h6-7,10-11,16H,8-9H2,1-5H3,(H,17,18,19). The van der Waals surface area contributed by atoms with Crippen LogP contribution >= 0.6 is 0 Å². The fourth-order valence-electron chi connectivity index (χ4n) is 1.49. The molecule has 0 atom stereocenters. The predicted molar refractivity (Wildman–Crippen MR) is 82.0 cm³/mol. The molecule has 2 N–H and O–H groups in total. The molecule has 5 nitrogen and oxygen atoms in total. The molecule has 0 spiro atoms. The molecule has 0 saturated carbocycles. The van der Waals surface area contributed by atoms with E-state index in [2.05, 4.69) is 29.5 Å². The van der Waals surface area contributed by atoms with Crippen molar-refractivity contribution in [2.45, 2.75) is 46.6 Å². The first-order valence-electron chi connectivity index (χ1n) is 6.96. The summed E-state index contributed by atoms with van der Waals surface area (Å²) in [4.78, 5) is 15.7. The highest BCUT2D eigenvalue weighted by Gasteiger charge is 2.16. The number of carbonyl (C=O) groups is 1. The molecule has 0 bridgehead atoms. The Morgan fingerprint density at radius 2 is 2.05 bits per heavy atom. The first kappa shape index (κ1) is 16.3. The fraction of sp³-hybridized carbons (Fsp3) is 0.600. The van der Waals surface area contributed by atoms with E-state index in [1.54, 1.807) is 12.3 Å². The second-order valence-corrected chi connectivity index (χ2v) is 6.17.